The highest BCUT2D eigenvalue weighted by molar-refractivity contribution is 5.97. The lowest BCUT2D eigenvalue weighted by Crippen LogP contribution is -2.37. The van der Waals surface area contributed by atoms with Crippen LogP contribution in [0, 0.1) is 0 Å². The molecule has 0 aliphatic rings. The van der Waals surface area contributed by atoms with Gasteiger partial charge in [0.05, 0.1) is 6.26 Å². The number of furan rings is 1. The molecule has 0 bridgehead atoms. The average molecular weight is 339 g/mol. The molecule has 0 N–H and O–H groups in total. The number of likely N-dealkylation sites (N-methyl/N-ethyl adjacent to an activating group) is 1. The molecular formula is C20H25N3O2. The maximum Gasteiger partial charge on any atom is 0.270 e. The van der Waals surface area contributed by atoms with E-state index in [4.69, 9.17) is 4.42 Å². The van der Waals surface area contributed by atoms with Crippen molar-refractivity contribution in [2.75, 3.05) is 27.2 Å². The van der Waals surface area contributed by atoms with Gasteiger partial charge in [-0.3, -0.25) is 4.79 Å². The fourth-order valence-corrected chi connectivity index (χ4v) is 3.01. The summed E-state index contributed by atoms with van der Waals surface area (Å²) in [5.41, 5.74) is 2.58. The molecule has 2 heterocycles. The minimum atomic E-state index is 0.0407. The predicted molar refractivity (Wildman–Crippen MR) is 99.6 cm³/mol. The molecule has 1 aromatic carbocycles. The number of carbonyl (C=O) groups excluding carboxylic acids is 1. The van der Waals surface area contributed by atoms with Crippen LogP contribution >= 0.6 is 0 Å². The Hall–Kier alpha value is -2.53. The maximum absolute atomic E-state index is 13.3. The number of carbonyl (C=O) groups is 1. The second-order valence-electron chi connectivity index (χ2n) is 6.47. The maximum atomic E-state index is 13.3. The van der Waals surface area contributed by atoms with Crippen LogP contribution in [0.25, 0.3) is 11.1 Å². The van der Waals surface area contributed by atoms with Gasteiger partial charge in [-0.05, 0) is 38.7 Å². The molecule has 1 amide bonds. The van der Waals surface area contributed by atoms with E-state index in [0.29, 0.717) is 25.3 Å². The van der Waals surface area contributed by atoms with Crippen LogP contribution in [0.15, 0.2) is 53.1 Å². The van der Waals surface area contributed by atoms with Gasteiger partial charge in [0.2, 0.25) is 5.71 Å². The van der Waals surface area contributed by atoms with E-state index >= 15 is 0 Å². The van der Waals surface area contributed by atoms with Crippen LogP contribution in [0.5, 0.6) is 0 Å². The minimum Gasteiger partial charge on any atom is -0.448 e. The third kappa shape index (κ3) is 3.77. The normalized spacial score (nSPS) is 11.4. The average Bonchev–Trinajstić information content (AvgIpc) is 3.19. The van der Waals surface area contributed by atoms with Gasteiger partial charge >= 0.3 is 0 Å². The van der Waals surface area contributed by atoms with Crippen molar-refractivity contribution in [1.29, 1.82) is 0 Å². The van der Waals surface area contributed by atoms with Crippen LogP contribution in [0.3, 0.4) is 0 Å². The first-order valence-electron chi connectivity index (χ1n) is 8.64. The number of aryl methyl sites for hydroxylation is 1. The SMILES string of the molecule is CCn1c(C(=O)N(CCN(C)C)Cc2ccccc2)cc2ccoc21. The van der Waals surface area contributed by atoms with E-state index in [2.05, 4.69) is 17.0 Å². The molecule has 0 saturated heterocycles. The van der Waals surface area contributed by atoms with E-state index in [9.17, 15) is 4.79 Å². The molecule has 0 spiro atoms. The largest absolute Gasteiger partial charge is 0.448 e. The van der Waals surface area contributed by atoms with Gasteiger partial charge in [-0.25, -0.2) is 0 Å². The van der Waals surface area contributed by atoms with E-state index < -0.39 is 0 Å². The number of fused-ring (bicyclic) bond motifs is 1. The molecule has 5 heteroatoms. The van der Waals surface area contributed by atoms with Crippen molar-refractivity contribution in [2.45, 2.75) is 20.0 Å². The molecule has 3 aromatic rings. The van der Waals surface area contributed by atoms with Crippen LogP contribution in [0.4, 0.5) is 0 Å². The molecule has 3 rings (SSSR count). The third-order valence-electron chi connectivity index (χ3n) is 4.36. The summed E-state index contributed by atoms with van der Waals surface area (Å²) < 4.78 is 7.50. The summed E-state index contributed by atoms with van der Waals surface area (Å²) in [6.07, 6.45) is 1.67. The van der Waals surface area contributed by atoms with Crippen LogP contribution in [-0.4, -0.2) is 47.5 Å². The van der Waals surface area contributed by atoms with Crippen molar-refractivity contribution < 1.29 is 9.21 Å². The molecule has 0 radical (unpaired) electrons. The van der Waals surface area contributed by atoms with Crippen LogP contribution < -0.4 is 0 Å². The lowest BCUT2D eigenvalue weighted by molar-refractivity contribution is 0.0721. The molecule has 0 aliphatic heterocycles. The molecule has 0 fully saturated rings. The first kappa shape index (κ1) is 17.3. The lowest BCUT2D eigenvalue weighted by atomic mass is 10.2. The summed E-state index contributed by atoms with van der Waals surface area (Å²) in [6.45, 7) is 4.83. The van der Waals surface area contributed by atoms with Crippen molar-refractivity contribution in [3.8, 4) is 0 Å². The van der Waals surface area contributed by atoms with Gasteiger partial charge in [-0.15, -0.1) is 0 Å². The quantitative estimate of drug-likeness (QED) is 0.662. The van der Waals surface area contributed by atoms with Gasteiger partial charge in [0.15, 0.2) is 0 Å². The fraction of sp³-hybridized carbons (Fsp3) is 0.350. The van der Waals surface area contributed by atoms with Gasteiger partial charge in [0.1, 0.15) is 5.69 Å². The van der Waals surface area contributed by atoms with E-state index in [-0.39, 0.29) is 5.91 Å². The van der Waals surface area contributed by atoms with Gasteiger partial charge in [-0.1, -0.05) is 30.3 Å². The fourth-order valence-electron chi connectivity index (χ4n) is 3.01. The molecule has 5 nitrogen and oxygen atoms in total. The number of benzene rings is 1. The second-order valence-corrected chi connectivity index (χ2v) is 6.47. The second kappa shape index (κ2) is 7.57. The summed E-state index contributed by atoms with van der Waals surface area (Å²) >= 11 is 0. The molecule has 2 aromatic heterocycles. The Labute approximate surface area is 148 Å². The van der Waals surface area contributed by atoms with Crippen molar-refractivity contribution >= 4 is 17.0 Å². The first-order valence-corrected chi connectivity index (χ1v) is 8.64. The monoisotopic (exact) mass is 339 g/mol. The molecule has 25 heavy (non-hydrogen) atoms. The van der Waals surface area contributed by atoms with E-state index in [1.165, 1.54) is 0 Å². The highest BCUT2D eigenvalue weighted by Gasteiger charge is 2.22. The summed E-state index contributed by atoms with van der Waals surface area (Å²) in [5, 5.41) is 0.970. The Bertz CT molecular complexity index is 833. The Morgan fingerprint density at radius 1 is 1.12 bits per heavy atom. The lowest BCUT2D eigenvalue weighted by Gasteiger charge is -2.25. The number of aromatic nitrogens is 1. The zero-order chi connectivity index (χ0) is 17.8. The number of hydrogen-bond donors (Lipinski definition) is 0. The van der Waals surface area contributed by atoms with E-state index in [1.807, 2.05) is 60.8 Å². The number of hydrogen-bond acceptors (Lipinski definition) is 3. The van der Waals surface area contributed by atoms with Crippen molar-refractivity contribution in [2.24, 2.45) is 0 Å². The van der Waals surface area contributed by atoms with Gasteiger partial charge in [0.25, 0.3) is 5.91 Å². The van der Waals surface area contributed by atoms with E-state index in [0.717, 1.165) is 23.2 Å². The standard InChI is InChI=1S/C20H25N3O2/c1-4-23-18(14-17-10-13-25-20(17)23)19(24)22(12-11-21(2)3)15-16-8-6-5-7-9-16/h5-10,13-14H,4,11-12,15H2,1-3H3. The Morgan fingerprint density at radius 3 is 2.56 bits per heavy atom. The van der Waals surface area contributed by atoms with Crippen molar-refractivity contribution in [3.63, 3.8) is 0 Å². The summed E-state index contributed by atoms with van der Waals surface area (Å²) in [5.74, 6) is 0.0407. The number of amides is 1. The molecule has 132 valence electrons. The van der Waals surface area contributed by atoms with Gasteiger partial charge in [-0.2, -0.15) is 0 Å². The Morgan fingerprint density at radius 2 is 1.88 bits per heavy atom. The highest BCUT2D eigenvalue weighted by atomic mass is 16.3. The Kier molecular flexibility index (Phi) is 5.24. The van der Waals surface area contributed by atoms with Crippen molar-refractivity contribution in [1.82, 2.24) is 14.4 Å². The molecule has 0 saturated carbocycles. The first-order chi connectivity index (χ1) is 12.1. The predicted octanol–water partition coefficient (Wildman–Crippen LogP) is 3.46. The zero-order valence-electron chi connectivity index (χ0n) is 15.1. The third-order valence-corrected chi connectivity index (χ3v) is 4.36. The summed E-state index contributed by atoms with van der Waals surface area (Å²) in [7, 11) is 4.04. The Balaban J connectivity index is 1.90. The van der Waals surface area contributed by atoms with Gasteiger partial charge < -0.3 is 18.8 Å². The number of rotatable bonds is 7. The van der Waals surface area contributed by atoms with Crippen LogP contribution in [0.1, 0.15) is 23.0 Å². The van der Waals surface area contributed by atoms with Gasteiger partial charge in [0, 0.05) is 31.6 Å². The molecular weight excluding hydrogens is 314 g/mol. The van der Waals surface area contributed by atoms with E-state index in [1.54, 1.807) is 6.26 Å². The molecule has 0 aliphatic carbocycles. The molecule has 0 atom stereocenters. The number of nitrogens with zero attached hydrogens (tertiary/aromatic N) is 3. The van der Waals surface area contributed by atoms with Crippen LogP contribution in [-0.2, 0) is 13.1 Å². The zero-order valence-corrected chi connectivity index (χ0v) is 15.1. The molecule has 0 unspecified atom stereocenters. The minimum absolute atomic E-state index is 0.0407. The smallest absolute Gasteiger partial charge is 0.270 e. The van der Waals surface area contributed by atoms with Crippen molar-refractivity contribution in [3.05, 3.63) is 60.0 Å². The highest BCUT2D eigenvalue weighted by Crippen LogP contribution is 2.22. The topological polar surface area (TPSA) is 41.6 Å². The summed E-state index contributed by atoms with van der Waals surface area (Å²) in [4.78, 5) is 17.3. The van der Waals surface area contributed by atoms with Crippen LogP contribution in [0.2, 0.25) is 0 Å². The summed E-state index contributed by atoms with van der Waals surface area (Å²) in [6, 6.07) is 13.9.